The molecule has 16 heavy (non-hydrogen) atoms. The minimum atomic E-state index is -0.521. The number of hydrogen-bond donors (Lipinski definition) is 2. The van der Waals surface area contributed by atoms with E-state index in [1.54, 1.807) is 36.4 Å². The number of nitrogens with two attached hydrogens (primary N) is 2. The smallest absolute Gasteiger partial charge is 0.249 e. The van der Waals surface area contributed by atoms with Crippen molar-refractivity contribution in [1.82, 2.24) is 0 Å². The van der Waals surface area contributed by atoms with Crippen LogP contribution in [0.2, 0.25) is 0 Å². The van der Waals surface area contributed by atoms with Crippen molar-refractivity contribution in [2.24, 2.45) is 11.5 Å². The Morgan fingerprint density at radius 1 is 0.750 bits per heavy atom. The molecule has 4 heteroatoms. The van der Waals surface area contributed by atoms with E-state index in [9.17, 15) is 9.59 Å². The van der Waals surface area contributed by atoms with Crippen molar-refractivity contribution < 1.29 is 9.59 Å². The van der Waals surface area contributed by atoms with Gasteiger partial charge in [0.2, 0.25) is 11.8 Å². The van der Waals surface area contributed by atoms with Crippen molar-refractivity contribution in [1.29, 1.82) is 0 Å². The Balaban J connectivity index is 2.86. The van der Waals surface area contributed by atoms with E-state index in [-0.39, 0.29) is 0 Å². The topological polar surface area (TPSA) is 86.2 Å². The Labute approximate surface area is 91.8 Å². The van der Waals surface area contributed by atoms with Crippen molar-refractivity contribution in [3.63, 3.8) is 0 Å². The molecule has 0 saturated heterocycles. The average molecular weight is 214 g/mol. The van der Waals surface area contributed by atoms with Crippen LogP contribution in [0.25, 0.3) is 10.8 Å². The van der Waals surface area contributed by atoms with Gasteiger partial charge >= 0.3 is 0 Å². The van der Waals surface area contributed by atoms with Crippen molar-refractivity contribution in [3.8, 4) is 0 Å². The van der Waals surface area contributed by atoms with Crippen LogP contribution in [0, 0.1) is 0 Å². The van der Waals surface area contributed by atoms with Gasteiger partial charge in [-0.2, -0.15) is 0 Å². The van der Waals surface area contributed by atoms with Crippen molar-refractivity contribution in [3.05, 3.63) is 47.5 Å². The van der Waals surface area contributed by atoms with E-state index >= 15 is 0 Å². The fourth-order valence-electron chi connectivity index (χ4n) is 1.74. The van der Waals surface area contributed by atoms with Gasteiger partial charge in [0, 0.05) is 11.1 Å². The zero-order valence-corrected chi connectivity index (χ0v) is 8.44. The Morgan fingerprint density at radius 3 is 1.44 bits per heavy atom. The second kappa shape index (κ2) is 3.66. The van der Waals surface area contributed by atoms with Crippen LogP contribution in [-0.4, -0.2) is 11.8 Å². The van der Waals surface area contributed by atoms with Gasteiger partial charge in [0.15, 0.2) is 0 Å². The number of fused-ring (bicyclic) bond motifs is 1. The predicted molar refractivity (Wildman–Crippen MR) is 61.0 cm³/mol. The van der Waals surface area contributed by atoms with Crippen molar-refractivity contribution >= 4 is 22.6 Å². The number of hydrogen-bond acceptors (Lipinski definition) is 2. The van der Waals surface area contributed by atoms with Crippen LogP contribution in [0.5, 0.6) is 0 Å². The number of carbonyl (C=O) groups is 2. The molecule has 2 aromatic carbocycles. The van der Waals surface area contributed by atoms with E-state index < -0.39 is 11.8 Å². The summed E-state index contributed by atoms with van der Waals surface area (Å²) in [4.78, 5) is 22.4. The monoisotopic (exact) mass is 214 g/mol. The van der Waals surface area contributed by atoms with Crippen molar-refractivity contribution in [2.75, 3.05) is 0 Å². The first-order valence-electron chi connectivity index (χ1n) is 4.72. The summed E-state index contributed by atoms with van der Waals surface area (Å²) >= 11 is 0. The van der Waals surface area contributed by atoms with Crippen LogP contribution in [-0.2, 0) is 0 Å². The summed E-state index contributed by atoms with van der Waals surface area (Å²) in [6, 6.07) is 10.1. The van der Waals surface area contributed by atoms with E-state index in [0.717, 1.165) is 0 Å². The third-order valence-corrected chi connectivity index (χ3v) is 2.45. The molecule has 4 N–H and O–H groups in total. The van der Waals surface area contributed by atoms with Gasteiger partial charge in [-0.15, -0.1) is 0 Å². The molecular weight excluding hydrogens is 204 g/mol. The van der Waals surface area contributed by atoms with E-state index in [0.29, 0.717) is 21.9 Å². The minimum Gasteiger partial charge on any atom is -0.366 e. The molecule has 0 radical (unpaired) electrons. The summed E-state index contributed by atoms with van der Waals surface area (Å²) < 4.78 is 0. The molecule has 2 rings (SSSR count). The first-order chi connectivity index (χ1) is 7.61. The molecule has 2 aromatic rings. The average Bonchev–Trinajstić information content (AvgIpc) is 2.27. The van der Waals surface area contributed by atoms with Crippen LogP contribution in [0.1, 0.15) is 20.7 Å². The molecule has 0 fully saturated rings. The Bertz CT molecular complexity index is 537. The van der Waals surface area contributed by atoms with Crippen molar-refractivity contribution in [2.45, 2.75) is 0 Å². The van der Waals surface area contributed by atoms with Gasteiger partial charge in [-0.1, -0.05) is 24.3 Å². The molecular formula is C12H10N2O2. The summed E-state index contributed by atoms with van der Waals surface area (Å²) in [7, 11) is 0. The molecule has 0 heterocycles. The van der Waals surface area contributed by atoms with E-state index in [1.165, 1.54) is 0 Å². The van der Waals surface area contributed by atoms with Gasteiger partial charge in [-0.25, -0.2) is 0 Å². The molecule has 0 saturated carbocycles. The molecule has 0 aliphatic heterocycles. The normalized spacial score (nSPS) is 10.2. The first-order valence-corrected chi connectivity index (χ1v) is 4.72. The molecule has 0 aromatic heterocycles. The van der Waals surface area contributed by atoms with Gasteiger partial charge < -0.3 is 11.5 Å². The second-order valence-electron chi connectivity index (χ2n) is 3.43. The molecule has 2 amide bonds. The summed E-state index contributed by atoms with van der Waals surface area (Å²) in [6.07, 6.45) is 0. The highest BCUT2D eigenvalue weighted by atomic mass is 16.1. The SMILES string of the molecule is NC(=O)c1cccc2c(C(N)=O)cccc12. The Kier molecular flexibility index (Phi) is 2.32. The molecule has 80 valence electrons. The molecule has 0 atom stereocenters. The van der Waals surface area contributed by atoms with Crippen LogP contribution in [0.15, 0.2) is 36.4 Å². The quantitative estimate of drug-likeness (QED) is 0.782. The first kappa shape index (κ1) is 10.2. The molecule has 0 spiro atoms. The van der Waals surface area contributed by atoms with Gasteiger partial charge in [-0.3, -0.25) is 9.59 Å². The molecule has 0 bridgehead atoms. The van der Waals surface area contributed by atoms with Gasteiger partial charge in [-0.05, 0) is 22.9 Å². The summed E-state index contributed by atoms with van der Waals surface area (Å²) in [5.74, 6) is -1.04. The van der Waals surface area contributed by atoms with Crippen LogP contribution >= 0.6 is 0 Å². The molecule has 0 unspecified atom stereocenters. The third kappa shape index (κ3) is 1.50. The van der Waals surface area contributed by atoms with Crippen LogP contribution in [0.4, 0.5) is 0 Å². The largest absolute Gasteiger partial charge is 0.366 e. The summed E-state index contributed by atoms with van der Waals surface area (Å²) in [6.45, 7) is 0. The molecule has 0 aliphatic rings. The maximum absolute atomic E-state index is 11.2. The second-order valence-corrected chi connectivity index (χ2v) is 3.43. The van der Waals surface area contributed by atoms with E-state index in [1.807, 2.05) is 0 Å². The number of primary amides is 2. The van der Waals surface area contributed by atoms with Gasteiger partial charge in [0.05, 0.1) is 0 Å². The maximum Gasteiger partial charge on any atom is 0.249 e. The summed E-state index contributed by atoms with van der Waals surface area (Å²) in [5, 5.41) is 1.29. The number of benzene rings is 2. The van der Waals surface area contributed by atoms with Gasteiger partial charge in [0.25, 0.3) is 0 Å². The van der Waals surface area contributed by atoms with Gasteiger partial charge in [0.1, 0.15) is 0 Å². The lowest BCUT2D eigenvalue weighted by Gasteiger charge is -2.05. The highest BCUT2D eigenvalue weighted by molar-refractivity contribution is 6.12. The Hall–Kier alpha value is -2.36. The van der Waals surface area contributed by atoms with E-state index in [2.05, 4.69) is 0 Å². The lowest BCUT2D eigenvalue weighted by Crippen LogP contribution is -2.14. The Morgan fingerprint density at radius 2 is 1.12 bits per heavy atom. The summed E-state index contributed by atoms with van der Waals surface area (Å²) in [5.41, 5.74) is 11.3. The molecule has 4 nitrogen and oxygen atoms in total. The lowest BCUT2D eigenvalue weighted by atomic mass is 9.99. The standard InChI is InChI=1S/C12H10N2O2/c13-11(15)9-5-1-3-7-8(9)4-2-6-10(7)12(14)16/h1-6H,(H2,13,15)(H2,14,16). The zero-order valence-electron chi connectivity index (χ0n) is 8.44. The number of rotatable bonds is 2. The highest BCUT2D eigenvalue weighted by Crippen LogP contribution is 2.21. The van der Waals surface area contributed by atoms with Crippen LogP contribution < -0.4 is 11.5 Å². The lowest BCUT2D eigenvalue weighted by molar-refractivity contribution is 0.0992. The molecule has 0 aliphatic carbocycles. The fourth-order valence-corrected chi connectivity index (χ4v) is 1.74. The highest BCUT2D eigenvalue weighted by Gasteiger charge is 2.10. The maximum atomic E-state index is 11.2. The van der Waals surface area contributed by atoms with E-state index in [4.69, 9.17) is 11.5 Å². The van der Waals surface area contributed by atoms with Crippen LogP contribution in [0.3, 0.4) is 0 Å². The third-order valence-electron chi connectivity index (χ3n) is 2.45. The predicted octanol–water partition coefficient (Wildman–Crippen LogP) is 1.04. The number of carbonyl (C=O) groups excluding carboxylic acids is 2. The fraction of sp³-hybridized carbons (Fsp3) is 0. The zero-order chi connectivity index (χ0) is 11.7. The minimum absolute atomic E-state index is 0.389. The number of amides is 2.